The van der Waals surface area contributed by atoms with Crippen LogP contribution in [-0.4, -0.2) is 41.9 Å². The highest BCUT2D eigenvalue weighted by Gasteiger charge is 2.26. The molecule has 112 valence electrons. The molecule has 21 heavy (non-hydrogen) atoms. The number of nitro groups is 1. The summed E-state index contributed by atoms with van der Waals surface area (Å²) in [4.78, 5) is 24.4. The molecule has 1 aliphatic heterocycles. The van der Waals surface area contributed by atoms with Crippen molar-refractivity contribution in [2.75, 3.05) is 30.8 Å². The van der Waals surface area contributed by atoms with Crippen molar-refractivity contribution in [1.82, 2.24) is 4.90 Å². The van der Waals surface area contributed by atoms with E-state index < -0.39 is 4.92 Å². The van der Waals surface area contributed by atoms with Gasteiger partial charge in [-0.15, -0.1) is 0 Å². The Balaban J connectivity index is 1.72. The number of nitrogens with zero attached hydrogens (tertiary/aromatic N) is 2. The Kier molecular flexibility index (Phi) is 3.50. The van der Waals surface area contributed by atoms with Crippen molar-refractivity contribution in [3.8, 4) is 0 Å². The fourth-order valence-electron chi connectivity index (χ4n) is 2.62. The van der Waals surface area contributed by atoms with Gasteiger partial charge in [-0.2, -0.15) is 0 Å². The van der Waals surface area contributed by atoms with Gasteiger partial charge >= 0.3 is 0 Å². The molecule has 0 bridgehead atoms. The number of anilines is 2. The van der Waals surface area contributed by atoms with Crippen LogP contribution in [0.25, 0.3) is 0 Å². The molecule has 2 aliphatic rings. The summed E-state index contributed by atoms with van der Waals surface area (Å²) < 4.78 is 0. The highest BCUT2D eigenvalue weighted by Crippen LogP contribution is 2.34. The molecular weight excluding hydrogens is 272 g/mol. The number of likely N-dealkylation sites (N-methyl/N-ethyl adjacent to an activating group) is 1. The second-order valence-electron chi connectivity index (χ2n) is 5.65. The highest BCUT2D eigenvalue weighted by molar-refractivity contribution is 6.00. The Bertz CT molecular complexity index is 598. The van der Waals surface area contributed by atoms with Gasteiger partial charge in [0.1, 0.15) is 5.69 Å². The van der Waals surface area contributed by atoms with Crippen LogP contribution in [0.15, 0.2) is 12.1 Å². The van der Waals surface area contributed by atoms with Crippen LogP contribution >= 0.6 is 0 Å². The number of amides is 1. The molecular formula is C14H18N4O3. The topological polar surface area (TPSA) is 87.5 Å². The Hall–Kier alpha value is -2.15. The van der Waals surface area contributed by atoms with Gasteiger partial charge in [0.05, 0.1) is 11.3 Å². The van der Waals surface area contributed by atoms with Crippen molar-refractivity contribution in [2.24, 2.45) is 0 Å². The minimum Gasteiger partial charge on any atom is -0.378 e. The summed E-state index contributed by atoms with van der Waals surface area (Å²) in [5.41, 5.74) is 1.85. The molecule has 1 saturated carbocycles. The molecule has 0 atom stereocenters. The van der Waals surface area contributed by atoms with Gasteiger partial charge in [0, 0.05) is 30.9 Å². The summed E-state index contributed by atoms with van der Waals surface area (Å²) in [5, 5.41) is 17.0. The second kappa shape index (κ2) is 5.33. The fraction of sp³-hybridized carbons (Fsp3) is 0.500. The van der Waals surface area contributed by atoms with Gasteiger partial charge < -0.3 is 15.5 Å². The number of nitro benzene ring substituents is 1. The third kappa shape index (κ3) is 2.97. The first-order chi connectivity index (χ1) is 10.0. The number of rotatable bonds is 6. The Morgan fingerprint density at radius 3 is 2.90 bits per heavy atom. The zero-order valence-electron chi connectivity index (χ0n) is 11.9. The zero-order valence-corrected chi connectivity index (χ0v) is 11.9. The van der Waals surface area contributed by atoms with Gasteiger partial charge in [-0.25, -0.2) is 0 Å². The van der Waals surface area contributed by atoms with E-state index in [1.165, 1.54) is 18.9 Å². The van der Waals surface area contributed by atoms with E-state index in [1.807, 2.05) is 0 Å². The summed E-state index contributed by atoms with van der Waals surface area (Å²) in [6.45, 7) is 1.48. The Labute approximate surface area is 122 Å². The van der Waals surface area contributed by atoms with E-state index in [1.54, 1.807) is 6.07 Å². The molecule has 7 heteroatoms. The number of carbonyl (C=O) groups excluding carboxylic acids is 1. The van der Waals surface area contributed by atoms with Crippen molar-refractivity contribution in [2.45, 2.75) is 25.3 Å². The number of carbonyl (C=O) groups is 1. The fourth-order valence-corrected chi connectivity index (χ4v) is 2.62. The van der Waals surface area contributed by atoms with Crippen LogP contribution in [0.4, 0.5) is 17.1 Å². The van der Waals surface area contributed by atoms with E-state index in [0.29, 0.717) is 29.5 Å². The first kappa shape index (κ1) is 13.8. The molecule has 0 unspecified atom stereocenters. The lowest BCUT2D eigenvalue weighted by Gasteiger charge is -2.16. The Morgan fingerprint density at radius 1 is 1.48 bits per heavy atom. The van der Waals surface area contributed by atoms with Gasteiger partial charge in [-0.3, -0.25) is 14.9 Å². The van der Waals surface area contributed by atoms with E-state index in [2.05, 4.69) is 22.6 Å². The monoisotopic (exact) mass is 290 g/mol. The van der Waals surface area contributed by atoms with Crippen molar-refractivity contribution < 1.29 is 9.72 Å². The molecule has 2 N–H and O–H groups in total. The number of nitrogens with one attached hydrogen (secondary N) is 2. The molecule has 7 nitrogen and oxygen atoms in total. The molecule has 0 aromatic heterocycles. The van der Waals surface area contributed by atoms with Crippen molar-refractivity contribution in [1.29, 1.82) is 0 Å². The minimum absolute atomic E-state index is 0.0272. The molecule has 1 fully saturated rings. The number of benzene rings is 1. The van der Waals surface area contributed by atoms with Crippen LogP contribution < -0.4 is 10.6 Å². The van der Waals surface area contributed by atoms with Crippen LogP contribution in [0.5, 0.6) is 0 Å². The molecule has 1 aromatic carbocycles. The highest BCUT2D eigenvalue weighted by atomic mass is 16.6. The van der Waals surface area contributed by atoms with Gasteiger partial charge in [-0.05, 0) is 31.5 Å². The standard InChI is InChI=1S/C14H18N4O3/c1-17(10-2-3-10)5-4-15-12-8-11-9(7-14(19)16-11)6-13(12)18(20)21/h6,8,10,15H,2-5,7H2,1H3,(H,16,19). The quantitative estimate of drug-likeness (QED) is 0.613. The molecule has 1 amide bonds. The maximum atomic E-state index is 11.4. The predicted octanol–water partition coefficient (Wildman–Crippen LogP) is 1.60. The third-order valence-corrected chi connectivity index (χ3v) is 3.99. The average Bonchev–Trinajstić information content (AvgIpc) is 3.20. The molecule has 3 rings (SSSR count). The molecule has 0 spiro atoms. The number of fused-ring (bicyclic) bond motifs is 1. The summed E-state index contributed by atoms with van der Waals surface area (Å²) in [7, 11) is 2.07. The van der Waals surface area contributed by atoms with Crippen molar-refractivity contribution in [3.05, 3.63) is 27.8 Å². The lowest BCUT2D eigenvalue weighted by atomic mass is 10.1. The first-order valence-electron chi connectivity index (χ1n) is 7.10. The predicted molar refractivity (Wildman–Crippen MR) is 79.6 cm³/mol. The second-order valence-corrected chi connectivity index (χ2v) is 5.65. The lowest BCUT2D eigenvalue weighted by Crippen LogP contribution is -2.27. The van der Waals surface area contributed by atoms with E-state index in [4.69, 9.17) is 0 Å². The molecule has 0 radical (unpaired) electrons. The SMILES string of the molecule is CN(CCNc1cc2c(cc1[N+](=O)[O-])CC(=O)N2)C1CC1. The maximum Gasteiger partial charge on any atom is 0.292 e. The van der Waals surface area contributed by atoms with E-state index >= 15 is 0 Å². The lowest BCUT2D eigenvalue weighted by molar-refractivity contribution is -0.384. The van der Waals surface area contributed by atoms with E-state index in [0.717, 1.165) is 6.54 Å². The number of hydrogen-bond acceptors (Lipinski definition) is 5. The zero-order chi connectivity index (χ0) is 15.0. The average molecular weight is 290 g/mol. The van der Waals surface area contributed by atoms with Crippen LogP contribution in [0.2, 0.25) is 0 Å². The molecule has 0 saturated heterocycles. The molecule has 1 aromatic rings. The van der Waals surface area contributed by atoms with Gasteiger partial charge in [0.25, 0.3) is 5.69 Å². The number of hydrogen-bond donors (Lipinski definition) is 2. The van der Waals surface area contributed by atoms with Crippen LogP contribution in [-0.2, 0) is 11.2 Å². The van der Waals surface area contributed by atoms with Crippen LogP contribution in [0.1, 0.15) is 18.4 Å². The summed E-state index contributed by atoms with van der Waals surface area (Å²) >= 11 is 0. The van der Waals surface area contributed by atoms with Gasteiger partial charge in [-0.1, -0.05) is 0 Å². The van der Waals surface area contributed by atoms with Crippen LogP contribution in [0, 0.1) is 10.1 Å². The minimum atomic E-state index is -0.407. The summed E-state index contributed by atoms with van der Waals surface area (Å²) in [5.74, 6) is -0.120. The van der Waals surface area contributed by atoms with E-state index in [-0.39, 0.29) is 18.0 Å². The third-order valence-electron chi connectivity index (χ3n) is 3.99. The summed E-state index contributed by atoms with van der Waals surface area (Å²) in [6.07, 6.45) is 2.68. The van der Waals surface area contributed by atoms with Gasteiger partial charge in [0.2, 0.25) is 5.91 Å². The Morgan fingerprint density at radius 2 is 2.24 bits per heavy atom. The van der Waals surface area contributed by atoms with E-state index in [9.17, 15) is 14.9 Å². The van der Waals surface area contributed by atoms with Crippen LogP contribution in [0.3, 0.4) is 0 Å². The van der Waals surface area contributed by atoms with Gasteiger partial charge in [0.15, 0.2) is 0 Å². The van der Waals surface area contributed by atoms with Crippen molar-refractivity contribution in [3.63, 3.8) is 0 Å². The molecule has 1 heterocycles. The normalized spacial score (nSPS) is 16.8. The molecule has 1 aliphatic carbocycles. The van der Waals surface area contributed by atoms with Crippen molar-refractivity contribution >= 4 is 23.0 Å². The smallest absolute Gasteiger partial charge is 0.292 e. The maximum absolute atomic E-state index is 11.4. The largest absolute Gasteiger partial charge is 0.378 e. The summed E-state index contributed by atoms with van der Waals surface area (Å²) in [6, 6.07) is 3.82. The first-order valence-corrected chi connectivity index (χ1v) is 7.10.